The highest BCUT2D eigenvalue weighted by Gasteiger charge is 2.13. The van der Waals surface area contributed by atoms with E-state index in [9.17, 15) is 0 Å². The minimum absolute atomic E-state index is 0.845. The van der Waals surface area contributed by atoms with Gasteiger partial charge in [-0.25, -0.2) is 0 Å². The molecule has 3 aromatic rings. The highest BCUT2D eigenvalue weighted by atomic mass is 32.1. The van der Waals surface area contributed by atoms with Gasteiger partial charge in [0.15, 0.2) is 0 Å². The Morgan fingerprint density at radius 3 is 1.95 bits per heavy atom. The average Bonchev–Trinajstić information content (AvgIpc) is 3.38. The first-order chi connectivity index (χ1) is 21.3. The maximum Gasteiger partial charge on any atom is 0.0433 e. The van der Waals surface area contributed by atoms with Crippen LogP contribution in [0, 0.1) is 6.92 Å². The summed E-state index contributed by atoms with van der Waals surface area (Å²) >= 11 is 1.76. The second-order valence-corrected chi connectivity index (χ2v) is 11.1. The van der Waals surface area contributed by atoms with E-state index >= 15 is 0 Å². The van der Waals surface area contributed by atoms with Crippen molar-refractivity contribution < 1.29 is 0 Å². The van der Waals surface area contributed by atoms with Crippen LogP contribution in [0.5, 0.6) is 0 Å². The van der Waals surface area contributed by atoms with Gasteiger partial charge in [-0.05, 0) is 98.8 Å². The van der Waals surface area contributed by atoms with E-state index < -0.39 is 0 Å². The number of thiophene rings is 1. The first kappa shape index (κ1) is 33.5. The molecule has 1 aromatic heterocycles. The van der Waals surface area contributed by atoms with Crippen LogP contribution in [0.4, 0.5) is 0 Å². The molecule has 0 aliphatic rings. The smallest absolute Gasteiger partial charge is 0.0433 e. The summed E-state index contributed by atoms with van der Waals surface area (Å²) in [7, 11) is 0. The third-order valence-corrected chi connectivity index (χ3v) is 8.51. The van der Waals surface area contributed by atoms with E-state index in [2.05, 4.69) is 108 Å². The van der Waals surface area contributed by atoms with Gasteiger partial charge in [-0.1, -0.05) is 143 Å². The number of allylic oxidation sites excluding steroid dienone is 12. The Bertz CT molecular complexity index is 2040. The van der Waals surface area contributed by atoms with E-state index in [0.29, 0.717) is 0 Å². The fourth-order valence-electron chi connectivity index (χ4n) is 5.37. The molecule has 0 aliphatic carbocycles. The summed E-state index contributed by atoms with van der Waals surface area (Å²) in [5, 5.41) is 5.42. The van der Waals surface area contributed by atoms with Crippen molar-refractivity contribution in [3.63, 3.8) is 0 Å². The van der Waals surface area contributed by atoms with E-state index in [1.54, 1.807) is 17.4 Å². The van der Waals surface area contributed by atoms with Gasteiger partial charge in [-0.2, -0.15) is 0 Å². The lowest BCUT2D eigenvalue weighted by molar-refractivity contribution is 1.28. The number of hydrogen-bond acceptors (Lipinski definition) is 1. The van der Waals surface area contributed by atoms with E-state index in [1.165, 1.54) is 15.0 Å². The Morgan fingerprint density at radius 2 is 1.39 bits per heavy atom. The third-order valence-electron chi connectivity index (χ3n) is 7.29. The van der Waals surface area contributed by atoms with Gasteiger partial charge in [0.25, 0.3) is 0 Å². The standard InChI is InChI=1S/C43H42S/c1-11-20-33(29-32(17-7)37-26-19-27-40-34(18-8)42(25-16-6)44-43(37)40)30(9)28-41-36(22-13-3)31(10)35(21-12-2)38(23-14-4)39(41)24-15-5/h11-29H,1-2,4-5,7-9H2,3,6,10H3/b22-13-,25-16-,32-29+,33-20+,35-21?,38-23?,39-24-,41-28-. The molecule has 1 heteroatoms. The predicted octanol–water partition coefficient (Wildman–Crippen LogP) is 9.54. The second-order valence-electron chi connectivity index (χ2n) is 10.00. The Morgan fingerprint density at radius 1 is 0.750 bits per heavy atom. The van der Waals surface area contributed by atoms with Gasteiger partial charge in [0, 0.05) is 15.0 Å². The molecule has 0 spiro atoms. The summed E-state index contributed by atoms with van der Waals surface area (Å²) in [6.07, 6.45) is 31.9. The number of fused-ring (bicyclic) bond motifs is 1. The molecule has 0 saturated heterocycles. The Balaban J connectivity index is 2.42. The molecule has 0 fully saturated rings. The van der Waals surface area contributed by atoms with Crippen LogP contribution in [0.1, 0.15) is 41.0 Å². The van der Waals surface area contributed by atoms with Crippen LogP contribution in [0.15, 0.2) is 130 Å². The largest absolute Gasteiger partial charge is 0.135 e. The molecule has 0 aliphatic heterocycles. The molecule has 220 valence electrons. The van der Waals surface area contributed by atoms with Gasteiger partial charge in [0.1, 0.15) is 0 Å². The van der Waals surface area contributed by atoms with Gasteiger partial charge < -0.3 is 0 Å². The van der Waals surface area contributed by atoms with Crippen molar-refractivity contribution in [1.82, 2.24) is 0 Å². The first-order valence-corrected chi connectivity index (χ1v) is 15.4. The van der Waals surface area contributed by atoms with E-state index in [1.807, 2.05) is 68.5 Å². The fraction of sp³-hybridized carbons (Fsp3) is 0.0698. The van der Waals surface area contributed by atoms with Gasteiger partial charge >= 0.3 is 0 Å². The van der Waals surface area contributed by atoms with Crippen LogP contribution in [-0.4, -0.2) is 0 Å². The Hall–Kier alpha value is -4.98. The lowest BCUT2D eigenvalue weighted by Gasteiger charge is -2.11. The second kappa shape index (κ2) is 16.0. The molecule has 0 amide bonds. The number of benzene rings is 2. The van der Waals surface area contributed by atoms with Crippen LogP contribution in [0.25, 0.3) is 58.2 Å². The fourth-order valence-corrected chi connectivity index (χ4v) is 6.68. The Kier molecular flexibility index (Phi) is 12.2. The van der Waals surface area contributed by atoms with Gasteiger partial charge in [-0.3, -0.25) is 0 Å². The van der Waals surface area contributed by atoms with E-state index in [0.717, 1.165) is 59.8 Å². The zero-order valence-corrected chi connectivity index (χ0v) is 27.1. The highest BCUT2D eigenvalue weighted by Crippen LogP contribution is 2.38. The predicted molar refractivity (Wildman–Crippen MR) is 205 cm³/mol. The average molecular weight is 591 g/mol. The zero-order chi connectivity index (χ0) is 32.2. The van der Waals surface area contributed by atoms with Crippen LogP contribution in [0.3, 0.4) is 0 Å². The van der Waals surface area contributed by atoms with Crippen molar-refractivity contribution >= 4 is 69.5 Å². The van der Waals surface area contributed by atoms with Crippen LogP contribution < -0.4 is 20.9 Å². The Labute approximate surface area is 267 Å². The van der Waals surface area contributed by atoms with Crippen molar-refractivity contribution in [1.29, 1.82) is 0 Å². The normalized spacial score (nSPS) is 14.2. The van der Waals surface area contributed by atoms with Gasteiger partial charge in [0.2, 0.25) is 0 Å². The molecule has 2 aromatic carbocycles. The summed E-state index contributed by atoms with van der Waals surface area (Å²) in [4.78, 5) is 1.19. The van der Waals surface area contributed by atoms with Crippen molar-refractivity contribution in [2.45, 2.75) is 20.8 Å². The van der Waals surface area contributed by atoms with Crippen molar-refractivity contribution in [3.05, 3.63) is 178 Å². The molecular formula is C43H42S. The highest BCUT2D eigenvalue weighted by molar-refractivity contribution is 7.20. The SMILES string of the molecule is C=CC=c1c(C)c(/C=C\C)c(=C/C(=C)C(=C/C=C)/C=C(\C=C)c2cccc3c(C=C)c(/C=C\C)sc23)/c(=C\C=C)c1=CC=C. The molecule has 0 N–H and O–H groups in total. The maximum atomic E-state index is 4.55. The summed E-state index contributed by atoms with van der Waals surface area (Å²) < 4.78 is 1.20. The molecule has 3 rings (SSSR count). The molecule has 0 saturated carbocycles. The molecule has 0 bridgehead atoms. The molecule has 1 heterocycles. The van der Waals surface area contributed by atoms with E-state index in [4.69, 9.17) is 0 Å². The molecule has 0 unspecified atom stereocenters. The summed E-state index contributed by atoms with van der Waals surface area (Å²) in [6, 6.07) is 6.39. The number of rotatable bonds is 12. The lowest BCUT2D eigenvalue weighted by Crippen LogP contribution is -2.51. The van der Waals surface area contributed by atoms with Gasteiger partial charge in [-0.15, -0.1) is 11.3 Å². The van der Waals surface area contributed by atoms with Crippen molar-refractivity contribution in [2.75, 3.05) is 0 Å². The van der Waals surface area contributed by atoms with Crippen LogP contribution in [0.2, 0.25) is 0 Å². The minimum Gasteiger partial charge on any atom is -0.135 e. The topological polar surface area (TPSA) is 0 Å². The zero-order valence-electron chi connectivity index (χ0n) is 26.3. The lowest BCUT2D eigenvalue weighted by atomic mass is 9.93. The summed E-state index contributed by atoms with van der Waals surface area (Å²) in [5.41, 5.74) is 7.30. The molecule has 0 radical (unpaired) electrons. The molecular weight excluding hydrogens is 549 g/mol. The summed E-state index contributed by atoms with van der Waals surface area (Å²) in [5.74, 6) is 0. The number of hydrogen-bond donors (Lipinski definition) is 0. The van der Waals surface area contributed by atoms with Crippen molar-refractivity contribution in [3.8, 4) is 0 Å². The molecule has 0 atom stereocenters. The van der Waals surface area contributed by atoms with E-state index in [-0.39, 0.29) is 0 Å². The van der Waals surface area contributed by atoms with Gasteiger partial charge in [0.05, 0.1) is 0 Å². The maximum absolute atomic E-state index is 4.55. The van der Waals surface area contributed by atoms with Crippen molar-refractivity contribution in [2.24, 2.45) is 0 Å². The third kappa shape index (κ3) is 6.97. The van der Waals surface area contributed by atoms with Crippen LogP contribution >= 0.6 is 11.3 Å². The quantitative estimate of drug-likeness (QED) is 0.184. The summed E-state index contributed by atoms with van der Waals surface area (Å²) in [6.45, 7) is 35.0. The molecule has 44 heavy (non-hydrogen) atoms. The monoisotopic (exact) mass is 590 g/mol. The first-order valence-electron chi connectivity index (χ1n) is 14.6. The molecule has 0 nitrogen and oxygen atoms in total. The van der Waals surface area contributed by atoms with Crippen LogP contribution in [-0.2, 0) is 0 Å². The minimum atomic E-state index is 0.845.